The SMILES string of the molecule is O=P(O)(O)C(O)(CCCCO)P(=O)(O)O. The Kier molecular flexibility index (Phi) is 5.11. The van der Waals surface area contributed by atoms with Crippen molar-refractivity contribution in [3.8, 4) is 0 Å². The average molecular weight is 264 g/mol. The van der Waals surface area contributed by atoms with Gasteiger partial charge in [0.2, 0.25) is 0 Å². The summed E-state index contributed by atoms with van der Waals surface area (Å²) in [5.41, 5.74) is 0. The van der Waals surface area contributed by atoms with Gasteiger partial charge in [0, 0.05) is 6.61 Å². The highest BCUT2D eigenvalue weighted by molar-refractivity contribution is 7.72. The van der Waals surface area contributed by atoms with Gasteiger partial charge in [0.15, 0.2) is 0 Å². The number of unbranched alkanes of at least 4 members (excludes halogenated alkanes) is 1. The average Bonchev–Trinajstić information content (AvgIpc) is 2.00. The first-order valence-corrected chi connectivity index (χ1v) is 7.23. The lowest BCUT2D eigenvalue weighted by molar-refractivity contribution is 0.118. The monoisotopic (exact) mass is 264 g/mol. The molecule has 10 heteroatoms. The Morgan fingerprint density at radius 1 is 0.933 bits per heavy atom. The predicted molar refractivity (Wildman–Crippen MR) is 50.0 cm³/mol. The maximum Gasteiger partial charge on any atom is 0.369 e. The van der Waals surface area contributed by atoms with Gasteiger partial charge in [-0.05, 0) is 19.3 Å². The van der Waals surface area contributed by atoms with Crippen LogP contribution in [-0.4, -0.2) is 41.5 Å². The van der Waals surface area contributed by atoms with E-state index in [9.17, 15) is 14.2 Å². The molecule has 0 heterocycles. The molecule has 92 valence electrons. The Balaban J connectivity index is 4.91. The van der Waals surface area contributed by atoms with Crippen LogP contribution in [0.4, 0.5) is 0 Å². The third-order valence-corrected chi connectivity index (χ3v) is 5.73. The molecule has 0 radical (unpaired) electrons. The highest BCUT2D eigenvalue weighted by Gasteiger charge is 2.58. The van der Waals surface area contributed by atoms with Crippen molar-refractivity contribution in [2.75, 3.05) is 6.61 Å². The molecule has 0 aliphatic heterocycles. The Hall–Kier alpha value is 0.220. The van der Waals surface area contributed by atoms with Crippen LogP contribution in [0.25, 0.3) is 0 Å². The van der Waals surface area contributed by atoms with Crippen LogP contribution < -0.4 is 0 Å². The zero-order chi connectivity index (χ0) is 12.3. The first kappa shape index (κ1) is 15.2. The summed E-state index contributed by atoms with van der Waals surface area (Å²) >= 11 is 0. The molecule has 0 amide bonds. The smallest absolute Gasteiger partial charge is 0.369 e. The number of aliphatic hydroxyl groups excluding tert-OH is 1. The van der Waals surface area contributed by atoms with Gasteiger partial charge < -0.3 is 29.8 Å². The van der Waals surface area contributed by atoms with Gasteiger partial charge in [-0.2, -0.15) is 0 Å². The first-order chi connectivity index (χ1) is 6.56. The minimum Gasteiger partial charge on any atom is -0.396 e. The van der Waals surface area contributed by atoms with Crippen LogP contribution in [0.15, 0.2) is 0 Å². The third kappa shape index (κ3) is 3.62. The summed E-state index contributed by atoms with van der Waals surface area (Å²) in [5.74, 6) is 0. The molecular formula is C5H14O8P2. The van der Waals surface area contributed by atoms with Crippen LogP contribution in [0, 0.1) is 0 Å². The molecule has 6 N–H and O–H groups in total. The normalized spacial score (nSPS) is 14.3. The maximum absolute atomic E-state index is 10.8. The van der Waals surface area contributed by atoms with Gasteiger partial charge in [-0.3, -0.25) is 9.13 Å². The lowest BCUT2D eigenvalue weighted by Gasteiger charge is -2.29. The van der Waals surface area contributed by atoms with Gasteiger partial charge in [0.1, 0.15) is 0 Å². The highest BCUT2D eigenvalue weighted by Crippen LogP contribution is 2.69. The highest BCUT2D eigenvalue weighted by atomic mass is 31.2. The lowest BCUT2D eigenvalue weighted by Crippen LogP contribution is -2.28. The molecule has 0 saturated heterocycles. The minimum absolute atomic E-state index is 0.0856. The van der Waals surface area contributed by atoms with E-state index in [4.69, 9.17) is 24.7 Å². The molecule has 0 aliphatic carbocycles. The second kappa shape index (κ2) is 5.03. The Morgan fingerprint density at radius 2 is 1.33 bits per heavy atom. The van der Waals surface area contributed by atoms with Gasteiger partial charge >= 0.3 is 15.2 Å². The quantitative estimate of drug-likeness (QED) is 0.267. The van der Waals surface area contributed by atoms with E-state index in [1.807, 2.05) is 0 Å². The minimum atomic E-state index is -5.34. The zero-order valence-corrected chi connectivity index (χ0v) is 9.51. The van der Waals surface area contributed by atoms with E-state index in [0.717, 1.165) is 0 Å². The fourth-order valence-electron chi connectivity index (χ4n) is 0.935. The summed E-state index contributed by atoms with van der Waals surface area (Å²) in [6.07, 6.45) is -0.798. The van der Waals surface area contributed by atoms with E-state index in [-0.39, 0.29) is 19.4 Å². The lowest BCUT2D eigenvalue weighted by atomic mass is 10.2. The number of aliphatic hydroxyl groups is 2. The standard InChI is InChI=1S/C5H14O8P2/c6-4-2-1-3-5(7,14(8,9)10)15(11,12)13/h6-7H,1-4H2,(H2,8,9,10)(H2,11,12,13). The molecule has 0 rings (SSSR count). The van der Waals surface area contributed by atoms with Gasteiger partial charge in [0.25, 0.3) is 5.08 Å². The summed E-state index contributed by atoms with van der Waals surface area (Å²) < 4.78 is 21.6. The van der Waals surface area contributed by atoms with Crippen LogP contribution in [-0.2, 0) is 9.13 Å². The van der Waals surface area contributed by atoms with Crippen molar-refractivity contribution in [2.45, 2.75) is 24.3 Å². The van der Waals surface area contributed by atoms with Crippen LogP contribution in [0.5, 0.6) is 0 Å². The van der Waals surface area contributed by atoms with Gasteiger partial charge in [-0.15, -0.1) is 0 Å². The molecule has 15 heavy (non-hydrogen) atoms. The molecule has 0 fully saturated rings. The Bertz CT molecular complexity index is 267. The maximum atomic E-state index is 10.8. The van der Waals surface area contributed by atoms with Gasteiger partial charge in [0.05, 0.1) is 0 Å². The summed E-state index contributed by atoms with van der Waals surface area (Å²) in [4.78, 5) is 34.7. The molecule has 0 aromatic rings. The van der Waals surface area contributed by atoms with E-state index >= 15 is 0 Å². The van der Waals surface area contributed by atoms with Crippen molar-refractivity contribution in [3.63, 3.8) is 0 Å². The Labute approximate surface area is 85.9 Å². The van der Waals surface area contributed by atoms with E-state index in [2.05, 4.69) is 0 Å². The summed E-state index contributed by atoms with van der Waals surface area (Å²) in [6.45, 7) is -0.293. The summed E-state index contributed by atoms with van der Waals surface area (Å²) in [7, 11) is -10.7. The van der Waals surface area contributed by atoms with Crippen LogP contribution >= 0.6 is 15.2 Å². The molecule has 0 saturated carbocycles. The molecule has 0 aromatic heterocycles. The second-order valence-electron chi connectivity index (χ2n) is 3.04. The number of rotatable bonds is 6. The van der Waals surface area contributed by atoms with Crippen molar-refractivity contribution in [2.24, 2.45) is 0 Å². The van der Waals surface area contributed by atoms with Crippen molar-refractivity contribution in [3.05, 3.63) is 0 Å². The molecule has 0 aliphatic rings. The summed E-state index contributed by atoms with van der Waals surface area (Å²) in [5, 5.41) is 14.4. The largest absolute Gasteiger partial charge is 0.396 e. The van der Waals surface area contributed by atoms with E-state index in [1.54, 1.807) is 0 Å². The first-order valence-electron chi connectivity index (χ1n) is 4.01. The molecule has 8 nitrogen and oxygen atoms in total. The van der Waals surface area contributed by atoms with Crippen molar-refractivity contribution >= 4 is 15.2 Å². The molecule has 0 spiro atoms. The number of hydrogen-bond acceptors (Lipinski definition) is 4. The topological polar surface area (TPSA) is 156 Å². The molecular weight excluding hydrogens is 250 g/mol. The van der Waals surface area contributed by atoms with Crippen LogP contribution in [0.3, 0.4) is 0 Å². The van der Waals surface area contributed by atoms with E-state index < -0.39 is 26.7 Å². The van der Waals surface area contributed by atoms with Crippen LogP contribution in [0.1, 0.15) is 19.3 Å². The molecule has 0 bridgehead atoms. The molecule has 0 aromatic carbocycles. The fourth-order valence-corrected chi connectivity index (χ4v) is 3.19. The van der Waals surface area contributed by atoms with Crippen LogP contribution in [0.2, 0.25) is 0 Å². The van der Waals surface area contributed by atoms with E-state index in [1.165, 1.54) is 0 Å². The van der Waals surface area contributed by atoms with Gasteiger partial charge in [-0.25, -0.2) is 0 Å². The van der Waals surface area contributed by atoms with Crippen molar-refractivity contribution in [1.82, 2.24) is 0 Å². The fraction of sp³-hybridized carbons (Fsp3) is 1.00. The van der Waals surface area contributed by atoms with Gasteiger partial charge in [-0.1, -0.05) is 0 Å². The van der Waals surface area contributed by atoms with Crippen molar-refractivity contribution in [1.29, 1.82) is 0 Å². The number of hydrogen-bond donors (Lipinski definition) is 6. The Morgan fingerprint density at radius 3 is 1.60 bits per heavy atom. The van der Waals surface area contributed by atoms with E-state index in [0.29, 0.717) is 0 Å². The summed E-state index contributed by atoms with van der Waals surface area (Å²) in [6, 6.07) is 0. The predicted octanol–water partition coefficient (Wildman–Crippen LogP) is -0.849. The molecule has 0 atom stereocenters. The van der Waals surface area contributed by atoms with Crippen molar-refractivity contribution < 1.29 is 38.9 Å². The molecule has 0 unspecified atom stereocenters. The second-order valence-corrected chi connectivity index (χ2v) is 7.05. The zero-order valence-electron chi connectivity index (χ0n) is 7.72. The third-order valence-electron chi connectivity index (χ3n) is 1.85.